The highest BCUT2D eigenvalue weighted by Gasteiger charge is 2.14. The number of amides is 2. The Morgan fingerprint density at radius 2 is 2.05 bits per heavy atom. The minimum atomic E-state index is -1.10. The van der Waals surface area contributed by atoms with Gasteiger partial charge in [-0.3, -0.25) is 5.32 Å². The fraction of sp³-hybridized carbons (Fsp3) is 0.0769. The smallest absolute Gasteiger partial charge is 0.338 e. The summed E-state index contributed by atoms with van der Waals surface area (Å²) in [6.45, 7) is 0. The molecule has 1 heterocycles. The van der Waals surface area contributed by atoms with Crippen molar-refractivity contribution in [2.45, 2.75) is 0 Å². The minimum Gasteiger partial charge on any atom is -0.495 e. The minimum absolute atomic E-state index is 0.0452. The number of hydrogen-bond acceptors (Lipinski definition) is 4. The third-order valence-electron chi connectivity index (χ3n) is 2.53. The van der Waals surface area contributed by atoms with Crippen molar-refractivity contribution in [1.29, 1.82) is 0 Å². The highest BCUT2D eigenvalue weighted by atomic mass is 35.5. The summed E-state index contributed by atoms with van der Waals surface area (Å²) in [4.78, 5) is 22.8. The number of nitrogens with one attached hydrogen (secondary N) is 2. The Morgan fingerprint density at radius 1 is 1.29 bits per heavy atom. The molecule has 1 aromatic carbocycles. The lowest BCUT2D eigenvalue weighted by Crippen LogP contribution is -2.20. The Hall–Kier alpha value is -2.25. The van der Waals surface area contributed by atoms with Gasteiger partial charge in [0.05, 0.1) is 17.7 Å². The first-order chi connectivity index (χ1) is 10.0. The van der Waals surface area contributed by atoms with E-state index < -0.39 is 12.0 Å². The molecule has 2 amide bonds. The van der Waals surface area contributed by atoms with Gasteiger partial charge in [-0.2, -0.15) is 0 Å². The summed E-state index contributed by atoms with van der Waals surface area (Å²) in [5.74, 6) is -0.670. The number of halogens is 1. The van der Waals surface area contributed by atoms with Crippen LogP contribution in [-0.4, -0.2) is 24.2 Å². The third-order valence-corrected chi connectivity index (χ3v) is 3.67. The Bertz CT molecular complexity index is 687. The largest absolute Gasteiger partial charge is 0.495 e. The first-order valence-corrected chi connectivity index (χ1v) is 6.99. The monoisotopic (exact) mass is 326 g/mol. The summed E-state index contributed by atoms with van der Waals surface area (Å²) in [7, 11) is 1.47. The summed E-state index contributed by atoms with van der Waals surface area (Å²) >= 11 is 7.01. The Morgan fingerprint density at radius 3 is 2.71 bits per heavy atom. The summed E-state index contributed by atoms with van der Waals surface area (Å²) in [5.41, 5.74) is 0.519. The number of aromatic carboxylic acids is 1. The molecule has 0 aliphatic rings. The van der Waals surface area contributed by atoms with E-state index in [1.54, 1.807) is 23.6 Å². The summed E-state index contributed by atoms with van der Waals surface area (Å²) in [5, 5.41) is 16.3. The zero-order chi connectivity index (χ0) is 15.4. The van der Waals surface area contributed by atoms with Crippen LogP contribution < -0.4 is 15.4 Å². The molecule has 3 N–H and O–H groups in total. The Balaban J connectivity index is 2.08. The quantitative estimate of drug-likeness (QED) is 0.798. The van der Waals surface area contributed by atoms with Gasteiger partial charge in [-0.25, -0.2) is 9.59 Å². The summed E-state index contributed by atoms with van der Waals surface area (Å²) in [6.07, 6.45) is 0. The predicted octanol–water partition coefficient (Wildman–Crippen LogP) is 3.75. The van der Waals surface area contributed by atoms with Crippen LogP contribution in [0.15, 0.2) is 29.6 Å². The van der Waals surface area contributed by atoms with Crippen LogP contribution in [0.5, 0.6) is 5.75 Å². The molecule has 21 heavy (non-hydrogen) atoms. The number of benzene rings is 1. The first kappa shape index (κ1) is 15.1. The predicted molar refractivity (Wildman–Crippen MR) is 81.9 cm³/mol. The van der Waals surface area contributed by atoms with E-state index in [0.717, 1.165) is 11.3 Å². The molecular formula is C13H11ClN2O4S. The zero-order valence-corrected chi connectivity index (χ0v) is 12.4. The van der Waals surface area contributed by atoms with Crippen molar-refractivity contribution in [2.24, 2.45) is 0 Å². The van der Waals surface area contributed by atoms with Crippen LogP contribution in [0.2, 0.25) is 5.02 Å². The van der Waals surface area contributed by atoms with Crippen LogP contribution in [0, 0.1) is 0 Å². The van der Waals surface area contributed by atoms with Gasteiger partial charge in [-0.05, 0) is 23.6 Å². The van der Waals surface area contributed by atoms with Crippen molar-refractivity contribution in [2.75, 3.05) is 17.7 Å². The number of ether oxygens (including phenoxy) is 1. The molecule has 0 atom stereocenters. The van der Waals surface area contributed by atoms with Gasteiger partial charge in [0.2, 0.25) is 0 Å². The van der Waals surface area contributed by atoms with E-state index in [-0.39, 0.29) is 10.6 Å². The van der Waals surface area contributed by atoms with Crippen molar-refractivity contribution < 1.29 is 19.4 Å². The molecule has 0 bridgehead atoms. The fourth-order valence-corrected chi connectivity index (χ4v) is 2.55. The topological polar surface area (TPSA) is 87.7 Å². The van der Waals surface area contributed by atoms with Crippen molar-refractivity contribution >= 4 is 45.6 Å². The van der Waals surface area contributed by atoms with Gasteiger partial charge < -0.3 is 15.2 Å². The molecule has 8 heteroatoms. The van der Waals surface area contributed by atoms with Crippen LogP contribution >= 0.6 is 22.9 Å². The molecule has 0 spiro atoms. The molecule has 0 radical (unpaired) electrons. The van der Waals surface area contributed by atoms with E-state index in [9.17, 15) is 9.59 Å². The highest BCUT2D eigenvalue weighted by Crippen LogP contribution is 2.28. The molecule has 0 aliphatic carbocycles. The number of methoxy groups -OCH3 is 1. The lowest BCUT2D eigenvalue weighted by molar-refractivity contribution is 0.0698. The normalized spacial score (nSPS) is 10.0. The lowest BCUT2D eigenvalue weighted by Gasteiger charge is -2.09. The van der Waals surface area contributed by atoms with Gasteiger partial charge in [0.1, 0.15) is 10.8 Å². The molecule has 0 unspecified atom stereocenters. The van der Waals surface area contributed by atoms with Gasteiger partial charge in [0.25, 0.3) is 0 Å². The molecule has 0 fully saturated rings. The number of carbonyl (C=O) groups excluding carboxylic acids is 1. The summed E-state index contributed by atoms with van der Waals surface area (Å²) in [6, 6.07) is 5.63. The van der Waals surface area contributed by atoms with E-state index in [4.69, 9.17) is 21.4 Å². The number of carboxylic acids is 1. The molecule has 110 valence electrons. The van der Waals surface area contributed by atoms with E-state index in [0.29, 0.717) is 16.5 Å². The van der Waals surface area contributed by atoms with E-state index in [1.165, 1.54) is 13.2 Å². The molecule has 1 aromatic heterocycles. The van der Waals surface area contributed by atoms with Gasteiger partial charge in [-0.1, -0.05) is 11.6 Å². The number of rotatable bonds is 4. The van der Waals surface area contributed by atoms with Crippen molar-refractivity contribution in [3.8, 4) is 5.75 Å². The molecule has 6 nitrogen and oxygen atoms in total. The summed E-state index contributed by atoms with van der Waals surface area (Å²) < 4.78 is 5.04. The Kier molecular flexibility index (Phi) is 4.66. The maximum Gasteiger partial charge on any atom is 0.338 e. The van der Waals surface area contributed by atoms with Crippen LogP contribution in [0.25, 0.3) is 0 Å². The SMILES string of the molecule is COc1cc(NC(=O)Nc2sccc2C(=O)O)ccc1Cl. The number of thiophene rings is 1. The van der Waals surface area contributed by atoms with Gasteiger partial charge in [0, 0.05) is 11.8 Å². The van der Waals surface area contributed by atoms with Crippen LogP contribution in [-0.2, 0) is 0 Å². The maximum atomic E-state index is 11.9. The third kappa shape index (κ3) is 3.65. The van der Waals surface area contributed by atoms with Crippen LogP contribution in [0.4, 0.5) is 15.5 Å². The Labute approximate surface area is 129 Å². The van der Waals surface area contributed by atoms with Crippen LogP contribution in [0.1, 0.15) is 10.4 Å². The molecule has 0 aliphatic heterocycles. The van der Waals surface area contributed by atoms with E-state index in [2.05, 4.69) is 10.6 Å². The number of anilines is 2. The lowest BCUT2D eigenvalue weighted by atomic mass is 10.3. The fourth-order valence-electron chi connectivity index (χ4n) is 1.58. The maximum absolute atomic E-state index is 11.9. The average molecular weight is 327 g/mol. The zero-order valence-electron chi connectivity index (χ0n) is 10.8. The molecule has 0 saturated heterocycles. The van der Waals surface area contributed by atoms with E-state index in [1.807, 2.05) is 0 Å². The highest BCUT2D eigenvalue weighted by molar-refractivity contribution is 7.14. The second-order valence-electron chi connectivity index (χ2n) is 3.90. The molecular weight excluding hydrogens is 316 g/mol. The van der Waals surface area contributed by atoms with Crippen molar-refractivity contribution in [3.05, 3.63) is 40.2 Å². The van der Waals surface area contributed by atoms with Gasteiger partial charge >= 0.3 is 12.0 Å². The number of carboxylic acid groups (broad SMARTS) is 1. The molecule has 2 rings (SSSR count). The average Bonchev–Trinajstić information content (AvgIpc) is 2.89. The molecule has 2 aromatic rings. The molecule has 0 saturated carbocycles. The number of carbonyl (C=O) groups is 2. The van der Waals surface area contributed by atoms with E-state index >= 15 is 0 Å². The van der Waals surface area contributed by atoms with Gasteiger partial charge in [0.15, 0.2) is 0 Å². The van der Waals surface area contributed by atoms with Gasteiger partial charge in [-0.15, -0.1) is 11.3 Å². The van der Waals surface area contributed by atoms with Crippen molar-refractivity contribution in [3.63, 3.8) is 0 Å². The second kappa shape index (κ2) is 6.47. The van der Waals surface area contributed by atoms with Crippen molar-refractivity contribution in [1.82, 2.24) is 0 Å². The van der Waals surface area contributed by atoms with Crippen LogP contribution in [0.3, 0.4) is 0 Å². The number of hydrogen-bond donors (Lipinski definition) is 3. The first-order valence-electron chi connectivity index (χ1n) is 5.73. The second-order valence-corrected chi connectivity index (χ2v) is 5.22. The number of urea groups is 1. The standard InChI is InChI=1S/C13H11ClN2O4S/c1-20-10-6-7(2-3-9(10)14)15-13(19)16-11-8(12(17)18)4-5-21-11/h2-6H,1H3,(H,17,18)(H2,15,16,19).